The van der Waals surface area contributed by atoms with Crippen molar-refractivity contribution in [2.75, 3.05) is 6.54 Å². The Bertz CT molecular complexity index is 533. The van der Waals surface area contributed by atoms with Gasteiger partial charge in [-0.15, -0.1) is 0 Å². The first-order valence-corrected chi connectivity index (χ1v) is 7.18. The summed E-state index contributed by atoms with van der Waals surface area (Å²) in [6.07, 6.45) is 1.45. The predicted molar refractivity (Wildman–Crippen MR) is 74.0 cm³/mol. The van der Waals surface area contributed by atoms with Gasteiger partial charge in [0.15, 0.2) is 0 Å². The molecular formula is C14H21N3O4. The molecule has 1 aromatic heterocycles. The maximum Gasteiger partial charge on any atom is 0.410 e. The van der Waals surface area contributed by atoms with E-state index in [0.29, 0.717) is 25.3 Å². The minimum absolute atomic E-state index is 0.0345. The van der Waals surface area contributed by atoms with Crippen LogP contribution in [0.2, 0.25) is 0 Å². The van der Waals surface area contributed by atoms with Crippen LogP contribution in [0, 0.1) is 0 Å². The Hall–Kier alpha value is -1.92. The van der Waals surface area contributed by atoms with Crippen LogP contribution in [0.1, 0.15) is 57.0 Å². The van der Waals surface area contributed by atoms with Crippen LogP contribution in [-0.2, 0) is 11.2 Å². The van der Waals surface area contributed by atoms with Gasteiger partial charge >= 0.3 is 6.09 Å². The van der Waals surface area contributed by atoms with Gasteiger partial charge in [0.25, 0.3) is 0 Å². The summed E-state index contributed by atoms with van der Waals surface area (Å²) < 4.78 is 10.3. The maximum atomic E-state index is 12.4. The summed E-state index contributed by atoms with van der Waals surface area (Å²) in [7, 11) is 0. The molecule has 1 atom stereocenters. The normalized spacial score (nSPS) is 18.9. The van der Waals surface area contributed by atoms with Gasteiger partial charge in [-0.3, -0.25) is 9.69 Å². The van der Waals surface area contributed by atoms with E-state index in [0.717, 1.165) is 6.42 Å². The van der Waals surface area contributed by atoms with Crippen molar-refractivity contribution in [2.24, 2.45) is 0 Å². The molecule has 0 saturated carbocycles. The fraction of sp³-hybridized carbons (Fsp3) is 0.714. The lowest BCUT2D eigenvalue weighted by atomic mass is 10.1. The van der Waals surface area contributed by atoms with Gasteiger partial charge in [0.05, 0.1) is 0 Å². The Morgan fingerprint density at radius 1 is 1.43 bits per heavy atom. The molecular weight excluding hydrogens is 274 g/mol. The molecule has 2 rings (SSSR count). The number of Topliss-reactive ketones (excluding diaryl/α,β-unsaturated/α-hetero) is 1. The van der Waals surface area contributed by atoms with E-state index in [-0.39, 0.29) is 11.6 Å². The standard InChI is InChI=1S/C14H21N3O4/c1-5-10-15-12(16-21-10)11(18)9-7-6-8-17(9)13(19)20-14(2,3)4/h9H,5-8H2,1-4H3/t9-/m0/s1. The van der Waals surface area contributed by atoms with Crippen LogP contribution < -0.4 is 0 Å². The zero-order valence-corrected chi connectivity index (χ0v) is 12.9. The summed E-state index contributed by atoms with van der Waals surface area (Å²) >= 11 is 0. The number of hydrogen-bond donors (Lipinski definition) is 0. The third kappa shape index (κ3) is 3.59. The van der Waals surface area contributed by atoms with Crippen LogP contribution in [0.3, 0.4) is 0 Å². The van der Waals surface area contributed by atoms with Gasteiger partial charge in [-0.2, -0.15) is 4.98 Å². The molecule has 0 unspecified atom stereocenters. The first-order valence-electron chi connectivity index (χ1n) is 7.18. The van der Waals surface area contributed by atoms with Crippen LogP contribution >= 0.6 is 0 Å². The van der Waals surface area contributed by atoms with Crippen LogP contribution in [-0.4, -0.2) is 45.1 Å². The van der Waals surface area contributed by atoms with Crippen molar-refractivity contribution >= 4 is 11.9 Å². The van der Waals surface area contributed by atoms with E-state index in [1.807, 2.05) is 6.92 Å². The topological polar surface area (TPSA) is 85.5 Å². The van der Waals surface area contributed by atoms with E-state index < -0.39 is 17.7 Å². The highest BCUT2D eigenvalue weighted by Crippen LogP contribution is 2.23. The number of aromatic nitrogens is 2. The second-order valence-electron chi connectivity index (χ2n) is 6.06. The first kappa shape index (κ1) is 15.5. The number of amides is 1. The van der Waals surface area contributed by atoms with E-state index in [1.165, 1.54) is 4.90 Å². The molecule has 1 fully saturated rings. The third-order valence-electron chi connectivity index (χ3n) is 3.17. The lowest BCUT2D eigenvalue weighted by Crippen LogP contribution is -2.43. The number of rotatable bonds is 3. The molecule has 1 saturated heterocycles. The quantitative estimate of drug-likeness (QED) is 0.795. The summed E-state index contributed by atoms with van der Waals surface area (Å²) in [6.45, 7) is 7.76. The average Bonchev–Trinajstić information content (AvgIpc) is 3.05. The fourth-order valence-electron chi connectivity index (χ4n) is 2.23. The number of likely N-dealkylation sites (tertiary alicyclic amines) is 1. The molecule has 2 heterocycles. The van der Waals surface area contributed by atoms with Crippen molar-refractivity contribution in [3.8, 4) is 0 Å². The van der Waals surface area contributed by atoms with Gasteiger partial charge in [0, 0.05) is 13.0 Å². The van der Waals surface area contributed by atoms with Crippen molar-refractivity contribution in [3.05, 3.63) is 11.7 Å². The summed E-state index contributed by atoms with van der Waals surface area (Å²) in [5.41, 5.74) is -0.589. The monoisotopic (exact) mass is 295 g/mol. The maximum absolute atomic E-state index is 12.4. The van der Waals surface area contributed by atoms with Gasteiger partial charge in [0.2, 0.25) is 17.5 Å². The molecule has 1 aromatic rings. The number of carbonyl (C=O) groups excluding carboxylic acids is 2. The third-order valence-corrected chi connectivity index (χ3v) is 3.17. The predicted octanol–water partition coefficient (Wildman–Crippen LogP) is 2.21. The van der Waals surface area contributed by atoms with E-state index in [4.69, 9.17) is 9.26 Å². The summed E-state index contributed by atoms with van der Waals surface area (Å²) in [4.78, 5) is 30.1. The van der Waals surface area contributed by atoms with Gasteiger partial charge in [-0.1, -0.05) is 12.1 Å². The van der Waals surface area contributed by atoms with Crippen molar-refractivity contribution in [2.45, 2.75) is 58.6 Å². The van der Waals surface area contributed by atoms with Gasteiger partial charge in [-0.05, 0) is 33.6 Å². The Labute approximate surface area is 123 Å². The molecule has 0 bridgehead atoms. The van der Waals surface area contributed by atoms with Crippen LogP contribution in [0.15, 0.2) is 4.52 Å². The van der Waals surface area contributed by atoms with Crippen molar-refractivity contribution in [1.29, 1.82) is 0 Å². The molecule has 0 spiro atoms. The number of aryl methyl sites for hydroxylation is 1. The molecule has 7 nitrogen and oxygen atoms in total. The van der Waals surface area contributed by atoms with Crippen molar-refractivity contribution < 1.29 is 18.8 Å². The minimum atomic E-state index is -0.589. The molecule has 1 amide bonds. The fourth-order valence-corrected chi connectivity index (χ4v) is 2.23. The number of ether oxygens (including phenoxy) is 1. The number of hydrogen-bond acceptors (Lipinski definition) is 6. The second-order valence-corrected chi connectivity index (χ2v) is 6.06. The van der Waals surface area contributed by atoms with E-state index in [2.05, 4.69) is 10.1 Å². The number of ketones is 1. The molecule has 0 aliphatic carbocycles. The number of carbonyl (C=O) groups is 2. The Kier molecular flexibility index (Phi) is 4.29. The average molecular weight is 295 g/mol. The minimum Gasteiger partial charge on any atom is -0.444 e. The van der Waals surface area contributed by atoms with Crippen molar-refractivity contribution in [3.63, 3.8) is 0 Å². The highest BCUT2D eigenvalue weighted by atomic mass is 16.6. The van der Waals surface area contributed by atoms with E-state index in [9.17, 15) is 9.59 Å². The van der Waals surface area contributed by atoms with Gasteiger partial charge in [0.1, 0.15) is 11.6 Å². The molecule has 21 heavy (non-hydrogen) atoms. The van der Waals surface area contributed by atoms with Crippen LogP contribution in [0.4, 0.5) is 4.79 Å². The summed E-state index contributed by atoms with van der Waals surface area (Å²) in [6, 6.07) is -0.567. The van der Waals surface area contributed by atoms with Crippen LogP contribution in [0.25, 0.3) is 0 Å². The number of nitrogens with zero attached hydrogens (tertiary/aromatic N) is 3. The summed E-state index contributed by atoms with van der Waals surface area (Å²) in [5, 5.41) is 3.69. The molecule has 0 radical (unpaired) electrons. The second kappa shape index (κ2) is 5.83. The molecule has 116 valence electrons. The highest BCUT2D eigenvalue weighted by Gasteiger charge is 2.38. The zero-order chi connectivity index (χ0) is 15.6. The molecule has 0 N–H and O–H groups in total. The first-order chi connectivity index (χ1) is 9.81. The smallest absolute Gasteiger partial charge is 0.410 e. The highest BCUT2D eigenvalue weighted by molar-refractivity contribution is 5.98. The zero-order valence-electron chi connectivity index (χ0n) is 12.9. The summed E-state index contributed by atoms with van der Waals surface area (Å²) in [5.74, 6) is 0.161. The van der Waals surface area contributed by atoms with E-state index >= 15 is 0 Å². The van der Waals surface area contributed by atoms with Crippen LogP contribution in [0.5, 0.6) is 0 Å². The molecule has 7 heteroatoms. The van der Waals surface area contributed by atoms with Gasteiger partial charge < -0.3 is 9.26 Å². The Balaban J connectivity index is 2.11. The molecule has 0 aromatic carbocycles. The Morgan fingerprint density at radius 2 is 2.14 bits per heavy atom. The van der Waals surface area contributed by atoms with E-state index in [1.54, 1.807) is 20.8 Å². The largest absolute Gasteiger partial charge is 0.444 e. The van der Waals surface area contributed by atoms with Crippen molar-refractivity contribution in [1.82, 2.24) is 15.0 Å². The lowest BCUT2D eigenvalue weighted by Gasteiger charge is -2.27. The molecule has 1 aliphatic rings. The lowest BCUT2D eigenvalue weighted by molar-refractivity contribution is 0.0221. The Morgan fingerprint density at radius 3 is 2.71 bits per heavy atom. The molecule has 1 aliphatic heterocycles. The SMILES string of the molecule is CCc1nc(C(=O)[C@@H]2CCCN2C(=O)OC(C)(C)C)no1. The van der Waals surface area contributed by atoms with Gasteiger partial charge in [-0.25, -0.2) is 4.79 Å².